The van der Waals surface area contributed by atoms with Crippen molar-refractivity contribution < 1.29 is 8.42 Å². The summed E-state index contributed by atoms with van der Waals surface area (Å²) in [4.78, 5) is 0.115. The lowest BCUT2D eigenvalue weighted by Crippen LogP contribution is -1.93. The summed E-state index contributed by atoms with van der Waals surface area (Å²) >= 11 is 0. The van der Waals surface area contributed by atoms with Crippen molar-refractivity contribution in [1.82, 2.24) is 0 Å². The molecule has 1 aliphatic carbocycles. The molecule has 130 valence electrons. The van der Waals surface area contributed by atoms with Crippen LogP contribution < -0.4 is 0 Å². The molecule has 0 fully saturated rings. The third-order valence-corrected chi connectivity index (χ3v) is 6.08. The molecule has 1 aliphatic rings. The Balaban J connectivity index is 1.95. The maximum absolute atomic E-state index is 11.7. The van der Waals surface area contributed by atoms with Crippen molar-refractivity contribution in [3.63, 3.8) is 0 Å². The molecule has 4 rings (SSSR count). The van der Waals surface area contributed by atoms with E-state index in [0.29, 0.717) is 0 Å². The van der Waals surface area contributed by atoms with E-state index in [1.807, 2.05) is 18.2 Å². The molecule has 0 atom stereocenters. The molecule has 0 aromatic heterocycles. The molecule has 0 saturated carbocycles. The standard InChI is InChI=1S/C22H17ClO2S/c23-26(24,25)19-9-5-6-16(14-19)15-22-20-10-3-1-7-17(20)12-13-18-8-2-4-11-21(18)22/h1-11,14-15H,12-13H2. The molecule has 0 unspecified atom stereocenters. The lowest BCUT2D eigenvalue weighted by Gasteiger charge is -2.12. The van der Waals surface area contributed by atoms with Gasteiger partial charge in [-0.15, -0.1) is 0 Å². The van der Waals surface area contributed by atoms with Crippen molar-refractivity contribution >= 4 is 31.4 Å². The summed E-state index contributed by atoms with van der Waals surface area (Å²) in [7, 11) is 1.76. The molecular formula is C22H17ClO2S. The molecule has 0 heterocycles. The van der Waals surface area contributed by atoms with Gasteiger partial charge in [-0.3, -0.25) is 0 Å². The number of fused-ring (bicyclic) bond motifs is 2. The van der Waals surface area contributed by atoms with E-state index in [2.05, 4.69) is 42.5 Å². The van der Waals surface area contributed by atoms with E-state index in [1.165, 1.54) is 28.3 Å². The van der Waals surface area contributed by atoms with Gasteiger partial charge >= 0.3 is 0 Å². The Kier molecular flexibility index (Phi) is 4.43. The molecule has 0 radical (unpaired) electrons. The predicted octanol–water partition coefficient (Wildman–Crippen LogP) is 5.30. The summed E-state index contributed by atoms with van der Waals surface area (Å²) in [6.45, 7) is 0. The van der Waals surface area contributed by atoms with Gasteiger partial charge in [0.2, 0.25) is 0 Å². The quantitative estimate of drug-likeness (QED) is 0.565. The molecule has 4 heteroatoms. The first kappa shape index (κ1) is 17.1. The minimum Gasteiger partial charge on any atom is -0.207 e. The zero-order valence-corrected chi connectivity index (χ0v) is 15.6. The summed E-state index contributed by atoms with van der Waals surface area (Å²) in [5, 5.41) is 0. The van der Waals surface area contributed by atoms with Gasteiger partial charge in [-0.2, -0.15) is 0 Å². The van der Waals surface area contributed by atoms with Gasteiger partial charge in [0, 0.05) is 10.7 Å². The van der Waals surface area contributed by atoms with E-state index in [0.717, 1.165) is 24.0 Å². The Bertz CT molecular complexity index is 1060. The number of rotatable bonds is 2. The number of hydrogen-bond acceptors (Lipinski definition) is 2. The van der Waals surface area contributed by atoms with E-state index in [1.54, 1.807) is 12.1 Å². The molecule has 0 amide bonds. The Hall–Kier alpha value is -2.36. The highest BCUT2D eigenvalue weighted by molar-refractivity contribution is 8.13. The van der Waals surface area contributed by atoms with E-state index in [4.69, 9.17) is 10.7 Å². The van der Waals surface area contributed by atoms with Crippen molar-refractivity contribution in [3.8, 4) is 0 Å². The van der Waals surface area contributed by atoms with Crippen molar-refractivity contribution in [3.05, 3.63) is 101 Å². The highest BCUT2D eigenvalue weighted by atomic mass is 35.7. The summed E-state index contributed by atoms with van der Waals surface area (Å²) < 4.78 is 23.3. The fourth-order valence-electron chi connectivity index (χ4n) is 3.49. The summed E-state index contributed by atoms with van der Waals surface area (Å²) in [6.07, 6.45) is 4.02. The van der Waals surface area contributed by atoms with Crippen molar-refractivity contribution in [2.75, 3.05) is 0 Å². The van der Waals surface area contributed by atoms with Gasteiger partial charge in [-0.05, 0) is 64.4 Å². The van der Waals surface area contributed by atoms with Crippen LogP contribution >= 0.6 is 10.7 Å². The van der Waals surface area contributed by atoms with Gasteiger partial charge in [0.05, 0.1) is 4.90 Å². The summed E-state index contributed by atoms with van der Waals surface area (Å²) in [5.41, 5.74) is 6.91. The van der Waals surface area contributed by atoms with Crippen LogP contribution in [0.4, 0.5) is 0 Å². The molecule has 3 aromatic carbocycles. The first-order valence-corrected chi connectivity index (χ1v) is 10.8. The fraction of sp³-hybridized carbons (Fsp3) is 0.0909. The molecule has 0 N–H and O–H groups in total. The third kappa shape index (κ3) is 3.33. The van der Waals surface area contributed by atoms with Gasteiger partial charge in [-0.25, -0.2) is 8.42 Å². The normalized spacial score (nSPS) is 13.5. The van der Waals surface area contributed by atoms with Crippen LogP contribution in [0.2, 0.25) is 0 Å². The van der Waals surface area contributed by atoms with Gasteiger partial charge in [0.15, 0.2) is 0 Å². The topological polar surface area (TPSA) is 34.1 Å². The Morgan fingerprint density at radius 3 is 1.92 bits per heavy atom. The molecule has 0 spiro atoms. The van der Waals surface area contributed by atoms with Crippen LogP contribution in [0.25, 0.3) is 11.6 Å². The van der Waals surface area contributed by atoms with Crippen LogP contribution in [0.15, 0.2) is 77.7 Å². The number of hydrogen-bond donors (Lipinski definition) is 0. The Morgan fingerprint density at radius 1 is 0.769 bits per heavy atom. The predicted molar refractivity (Wildman–Crippen MR) is 107 cm³/mol. The zero-order valence-electron chi connectivity index (χ0n) is 14.0. The van der Waals surface area contributed by atoms with E-state index >= 15 is 0 Å². The monoisotopic (exact) mass is 380 g/mol. The first-order chi connectivity index (χ1) is 12.5. The highest BCUT2D eigenvalue weighted by Crippen LogP contribution is 2.35. The van der Waals surface area contributed by atoms with Crippen LogP contribution in [-0.4, -0.2) is 8.42 Å². The van der Waals surface area contributed by atoms with Crippen molar-refractivity contribution in [2.45, 2.75) is 17.7 Å². The molecule has 3 aromatic rings. The Labute approximate surface area is 158 Å². The van der Waals surface area contributed by atoms with Crippen LogP contribution in [0.1, 0.15) is 27.8 Å². The number of benzene rings is 3. The molecule has 2 nitrogen and oxygen atoms in total. The average Bonchev–Trinajstić information content (AvgIpc) is 2.79. The first-order valence-electron chi connectivity index (χ1n) is 8.45. The lowest BCUT2D eigenvalue weighted by atomic mass is 9.92. The SMILES string of the molecule is O=S(=O)(Cl)c1cccc(C=C2c3ccccc3CCc3ccccc32)c1. The lowest BCUT2D eigenvalue weighted by molar-refractivity contribution is 0.609. The highest BCUT2D eigenvalue weighted by Gasteiger charge is 2.18. The van der Waals surface area contributed by atoms with Gasteiger partial charge in [0.25, 0.3) is 9.05 Å². The van der Waals surface area contributed by atoms with Crippen LogP contribution in [-0.2, 0) is 21.9 Å². The van der Waals surface area contributed by atoms with Crippen LogP contribution in [0.3, 0.4) is 0 Å². The van der Waals surface area contributed by atoms with Gasteiger partial charge in [0.1, 0.15) is 0 Å². The second-order valence-electron chi connectivity index (χ2n) is 6.38. The average molecular weight is 381 g/mol. The fourth-order valence-corrected chi connectivity index (χ4v) is 4.30. The van der Waals surface area contributed by atoms with Gasteiger partial charge < -0.3 is 0 Å². The third-order valence-electron chi connectivity index (χ3n) is 4.73. The molecule has 0 bridgehead atoms. The van der Waals surface area contributed by atoms with Gasteiger partial charge in [-0.1, -0.05) is 60.7 Å². The second kappa shape index (κ2) is 6.75. The van der Waals surface area contributed by atoms with E-state index in [9.17, 15) is 8.42 Å². The minimum absolute atomic E-state index is 0.115. The van der Waals surface area contributed by atoms with E-state index in [-0.39, 0.29) is 4.90 Å². The maximum atomic E-state index is 11.7. The number of halogens is 1. The molecular weight excluding hydrogens is 364 g/mol. The van der Waals surface area contributed by atoms with Crippen molar-refractivity contribution in [1.29, 1.82) is 0 Å². The number of aryl methyl sites for hydroxylation is 2. The van der Waals surface area contributed by atoms with Crippen LogP contribution in [0, 0.1) is 0 Å². The zero-order chi connectivity index (χ0) is 18.1. The summed E-state index contributed by atoms with van der Waals surface area (Å²) in [5.74, 6) is 0. The smallest absolute Gasteiger partial charge is 0.207 e. The van der Waals surface area contributed by atoms with Crippen LogP contribution in [0.5, 0.6) is 0 Å². The Morgan fingerprint density at radius 2 is 1.35 bits per heavy atom. The second-order valence-corrected chi connectivity index (χ2v) is 8.95. The summed E-state index contributed by atoms with van der Waals surface area (Å²) in [6, 6.07) is 23.5. The van der Waals surface area contributed by atoms with Crippen molar-refractivity contribution in [2.24, 2.45) is 0 Å². The molecule has 0 saturated heterocycles. The van der Waals surface area contributed by atoms with E-state index < -0.39 is 9.05 Å². The largest absolute Gasteiger partial charge is 0.261 e. The minimum atomic E-state index is -3.75. The molecule has 0 aliphatic heterocycles. The maximum Gasteiger partial charge on any atom is 0.261 e. The molecule has 26 heavy (non-hydrogen) atoms.